The summed E-state index contributed by atoms with van der Waals surface area (Å²) in [6, 6.07) is 6.57. The van der Waals surface area contributed by atoms with Gasteiger partial charge >= 0.3 is 0 Å². The normalized spacial score (nSPS) is 19.6. The predicted molar refractivity (Wildman–Crippen MR) is 127 cm³/mol. The van der Waals surface area contributed by atoms with E-state index in [4.69, 9.17) is 11.5 Å². The summed E-state index contributed by atoms with van der Waals surface area (Å²) < 4.78 is 0. The third-order valence-electron chi connectivity index (χ3n) is 6.68. The van der Waals surface area contributed by atoms with Gasteiger partial charge in [0.1, 0.15) is 6.04 Å². The molecule has 3 rings (SSSR count). The van der Waals surface area contributed by atoms with Crippen molar-refractivity contribution < 1.29 is 14.4 Å². The molecule has 0 bridgehead atoms. The van der Waals surface area contributed by atoms with Gasteiger partial charge in [0.2, 0.25) is 17.7 Å². The summed E-state index contributed by atoms with van der Waals surface area (Å²) in [7, 11) is 0. The minimum Gasteiger partial charge on any atom is -0.355 e. The van der Waals surface area contributed by atoms with Crippen molar-refractivity contribution in [2.45, 2.75) is 70.2 Å². The Labute approximate surface area is 196 Å². The molecule has 2 atom stereocenters. The Balaban J connectivity index is 1.57. The number of benzene rings is 1. The molecule has 9 heteroatoms. The maximum Gasteiger partial charge on any atom is 0.243 e. The molecule has 9 nitrogen and oxygen atoms in total. The van der Waals surface area contributed by atoms with Crippen molar-refractivity contribution >= 4 is 17.7 Å². The molecule has 1 saturated carbocycles. The van der Waals surface area contributed by atoms with Gasteiger partial charge in [-0.3, -0.25) is 19.7 Å². The van der Waals surface area contributed by atoms with E-state index in [1.54, 1.807) is 4.90 Å². The van der Waals surface area contributed by atoms with E-state index in [9.17, 15) is 14.4 Å². The summed E-state index contributed by atoms with van der Waals surface area (Å²) in [6.07, 6.45) is 5.41. The first-order valence-electron chi connectivity index (χ1n) is 12.1. The average molecular weight is 459 g/mol. The maximum absolute atomic E-state index is 13.4. The fourth-order valence-corrected chi connectivity index (χ4v) is 4.65. The van der Waals surface area contributed by atoms with E-state index in [0.717, 1.165) is 36.8 Å². The Morgan fingerprint density at radius 3 is 2.30 bits per heavy atom. The minimum absolute atomic E-state index is 0.0705. The number of nitrogens with one attached hydrogen (secondary N) is 3. The molecule has 7 N–H and O–H groups in total. The van der Waals surface area contributed by atoms with Gasteiger partial charge in [0.15, 0.2) is 0 Å². The van der Waals surface area contributed by atoms with Crippen LogP contribution in [0.3, 0.4) is 0 Å². The largest absolute Gasteiger partial charge is 0.355 e. The van der Waals surface area contributed by atoms with E-state index in [1.165, 1.54) is 6.42 Å². The van der Waals surface area contributed by atoms with Gasteiger partial charge in [-0.05, 0) is 43.2 Å². The zero-order chi connectivity index (χ0) is 23.8. The van der Waals surface area contributed by atoms with E-state index in [2.05, 4.69) is 16.0 Å². The number of hydrogen-bond donors (Lipinski definition) is 5. The molecular formula is C24H38N6O3. The van der Waals surface area contributed by atoms with Gasteiger partial charge in [0.25, 0.3) is 0 Å². The summed E-state index contributed by atoms with van der Waals surface area (Å²) in [5.41, 5.74) is 13.1. The Bertz CT molecular complexity index is 807. The summed E-state index contributed by atoms with van der Waals surface area (Å²) in [6.45, 7) is 3.46. The van der Waals surface area contributed by atoms with Gasteiger partial charge in [0, 0.05) is 19.6 Å². The van der Waals surface area contributed by atoms with E-state index in [1.807, 2.05) is 31.2 Å². The number of rotatable bonds is 10. The van der Waals surface area contributed by atoms with Crippen molar-refractivity contribution in [3.8, 4) is 0 Å². The number of likely N-dealkylation sites (N-methyl/N-ethyl adjacent to an activating group) is 1. The number of hydrogen-bond acceptors (Lipinski definition) is 6. The van der Waals surface area contributed by atoms with Crippen molar-refractivity contribution in [2.75, 3.05) is 19.6 Å². The summed E-state index contributed by atoms with van der Waals surface area (Å²) >= 11 is 0. The molecule has 1 aromatic carbocycles. The summed E-state index contributed by atoms with van der Waals surface area (Å²) in [4.78, 5) is 39.9. The van der Waals surface area contributed by atoms with Gasteiger partial charge < -0.3 is 27.0 Å². The molecule has 1 aliphatic carbocycles. The molecule has 3 amide bonds. The summed E-state index contributed by atoms with van der Waals surface area (Å²) in [5, 5.41) is 8.90. The Kier molecular flexibility index (Phi) is 9.22. The maximum atomic E-state index is 13.4. The van der Waals surface area contributed by atoms with Gasteiger partial charge in [-0.1, -0.05) is 43.5 Å². The highest BCUT2D eigenvalue weighted by molar-refractivity contribution is 5.92. The molecule has 0 radical (unpaired) electrons. The highest BCUT2D eigenvalue weighted by Crippen LogP contribution is 2.29. The van der Waals surface area contributed by atoms with Crippen LogP contribution in [-0.2, 0) is 20.9 Å². The van der Waals surface area contributed by atoms with E-state index >= 15 is 0 Å². The van der Waals surface area contributed by atoms with E-state index in [-0.39, 0.29) is 30.2 Å². The lowest BCUT2D eigenvalue weighted by atomic mass is 9.82. The standard InChI is InChI=1S/C24H38N6O3/c1-2-27-20(31)15-28-21(17-6-4-3-5-7-17)24(33)30-13-12-19(30)23(32)29-14-16-8-10-18(11-9-16)22(25)26/h8-11,17,19,21-22,28H,2-7,12-15,25-26H2,1H3,(H,27,31)(H,29,32)/t19-,21+/m0/s1. The smallest absolute Gasteiger partial charge is 0.243 e. The van der Waals surface area contributed by atoms with Crippen LogP contribution in [0.2, 0.25) is 0 Å². The minimum atomic E-state index is -0.526. The second-order valence-corrected chi connectivity index (χ2v) is 9.03. The van der Waals surface area contributed by atoms with Crippen molar-refractivity contribution in [2.24, 2.45) is 17.4 Å². The SMILES string of the molecule is CCNC(=O)CN[C@@H](C(=O)N1CC[C@H]1C(=O)NCc1ccc(C(N)N)cc1)C1CCCCC1. The van der Waals surface area contributed by atoms with Crippen molar-refractivity contribution in [3.05, 3.63) is 35.4 Å². The molecule has 0 spiro atoms. The molecule has 182 valence electrons. The summed E-state index contributed by atoms with van der Waals surface area (Å²) in [5.74, 6) is -0.151. The molecular weight excluding hydrogens is 420 g/mol. The first kappa shape index (κ1) is 25.1. The van der Waals surface area contributed by atoms with Crippen LogP contribution in [0.25, 0.3) is 0 Å². The molecule has 33 heavy (non-hydrogen) atoms. The average Bonchev–Trinajstić information content (AvgIpc) is 2.78. The van der Waals surface area contributed by atoms with Gasteiger partial charge in [-0.2, -0.15) is 0 Å². The fourth-order valence-electron chi connectivity index (χ4n) is 4.65. The number of nitrogens with zero attached hydrogens (tertiary/aromatic N) is 1. The lowest BCUT2D eigenvalue weighted by molar-refractivity contribution is -0.150. The van der Waals surface area contributed by atoms with Crippen LogP contribution >= 0.6 is 0 Å². The lowest BCUT2D eigenvalue weighted by Crippen LogP contribution is -2.63. The van der Waals surface area contributed by atoms with E-state index < -0.39 is 18.2 Å². The molecule has 1 aromatic rings. The lowest BCUT2D eigenvalue weighted by Gasteiger charge is -2.43. The number of carbonyl (C=O) groups is 3. The molecule has 1 saturated heterocycles. The van der Waals surface area contributed by atoms with Crippen LogP contribution in [0.1, 0.15) is 62.7 Å². The van der Waals surface area contributed by atoms with Crippen LogP contribution in [-0.4, -0.2) is 54.3 Å². The Hall–Kier alpha value is -2.49. The van der Waals surface area contributed by atoms with Crippen LogP contribution in [0.4, 0.5) is 0 Å². The Morgan fingerprint density at radius 2 is 1.73 bits per heavy atom. The highest BCUT2D eigenvalue weighted by atomic mass is 16.2. The van der Waals surface area contributed by atoms with Crippen molar-refractivity contribution in [1.29, 1.82) is 0 Å². The van der Waals surface area contributed by atoms with Gasteiger partial charge in [-0.25, -0.2) is 0 Å². The van der Waals surface area contributed by atoms with Gasteiger partial charge in [0.05, 0.1) is 18.8 Å². The zero-order valence-electron chi connectivity index (χ0n) is 19.5. The molecule has 2 fully saturated rings. The fraction of sp³-hybridized carbons (Fsp3) is 0.625. The Morgan fingerprint density at radius 1 is 1.03 bits per heavy atom. The van der Waals surface area contributed by atoms with E-state index in [0.29, 0.717) is 26.1 Å². The first-order valence-corrected chi connectivity index (χ1v) is 12.1. The van der Waals surface area contributed by atoms with Crippen LogP contribution in [0, 0.1) is 5.92 Å². The number of nitrogens with two attached hydrogens (primary N) is 2. The second-order valence-electron chi connectivity index (χ2n) is 9.03. The first-order chi connectivity index (χ1) is 15.9. The van der Waals surface area contributed by atoms with Crippen LogP contribution in [0.15, 0.2) is 24.3 Å². The van der Waals surface area contributed by atoms with Crippen molar-refractivity contribution in [1.82, 2.24) is 20.9 Å². The monoisotopic (exact) mass is 458 g/mol. The zero-order valence-corrected chi connectivity index (χ0v) is 19.5. The number of likely N-dealkylation sites (tertiary alicyclic amines) is 1. The molecule has 1 aliphatic heterocycles. The number of carbonyl (C=O) groups excluding carboxylic acids is 3. The third kappa shape index (κ3) is 6.75. The second kappa shape index (κ2) is 12.1. The third-order valence-corrected chi connectivity index (χ3v) is 6.68. The topological polar surface area (TPSA) is 143 Å². The van der Waals surface area contributed by atoms with Crippen LogP contribution < -0.4 is 27.4 Å². The highest BCUT2D eigenvalue weighted by Gasteiger charge is 2.42. The van der Waals surface area contributed by atoms with Gasteiger partial charge in [-0.15, -0.1) is 0 Å². The van der Waals surface area contributed by atoms with Crippen molar-refractivity contribution in [3.63, 3.8) is 0 Å². The number of amides is 3. The van der Waals surface area contributed by atoms with Crippen LogP contribution in [0.5, 0.6) is 0 Å². The quantitative estimate of drug-likeness (QED) is 0.323. The molecule has 0 aromatic heterocycles. The molecule has 1 heterocycles. The predicted octanol–water partition coefficient (Wildman–Crippen LogP) is 0.494. The molecule has 0 unspecified atom stereocenters. The molecule has 2 aliphatic rings.